The molecule has 1 aliphatic carbocycles. The molecule has 0 radical (unpaired) electrons. The molecule has 1 amide bonds. The van der Waals surface area contributed by atoms with Crippen LogP contribution in [0.1, 0.15) is 47.6 Å². The van der Waals surface area contributed by atoms with E-state index >= 15 is 0 Å². The van der Waals surface area contributed by atoms with Crippen LogP contribution >= 0.6 is 0 Å². The van der Waals surface area contributed by atoms with Gasteiger partial charge in [-0.15, -0.1) is 0 Å². The van der Waals surface area contributed by atoms with Crippen molar-refractivity contribution in [3.63, 3.8) is 0 Å². The topological polar surface area (TPSA) is 83.1 Å². The van der Waals surface area contributed by atoms with E-state index in [1.807, 2.05) is 12.1 Å². The Morgan fingerprint density at radius 3 is 2.85 bits per heavy atom. The number of aromatic nitrogens is 3. The third-order valence-corrected chi connectivity index (χ3v) is 5.27. The van der Waals surface area contributed by atoms with Gasteiger partial charge >= 0.3 is 0 Å². The zero-order chi connectivity index (χ0) is 17.9. The van der Waals surface area contributed by atoms with Crippen molar-refractivity contribution in [2.75, 3.05) is 31.2 Å². The van der Waals surface area contributed by atoms with Gasteiger partial charge in [0.2, 0.25) is 0 Å². The minimum Gasteiger partial charge on any atom is -0.378 e. The van der Waals surface area contributed by atoms with Crippen molar-refractivity contribution in [1.29, 1.82) is 0 Å². The number of anilines is 1. The van der Waals surface area contributed by atoms with E-state index in [4.69, 9.17) is 4.74 Å². The van der Waals surface area contributed by atoms with Crippen molar-refractivity contribution < 1.29 is 9.53 Å². The maximum atomic E-state index is 12.3. The van der Waals surface area contributed by atoms with Crippen LogP contribution in [-0.4, -0.2) is 53.2 Å². The number of aryl methyl sites for hydroxylation is 1. The predicted molar refractivity (Wildman–Crippen MR) is 98.5 cm³/mol. The lowest BCUT2D eigenvalue weighted by atomic mass is 9.78. The highest BCUT2D eigenvalue weighted by Gasteiger charge is 2.33. The highest BCUT2D eigenvalue weighted by molar-refractivity contribution is 5.92. The van der Waals surface area contributed by atoms with E-state index in [1.54, 1.807) is 6.33 Å². The van der Waals surface area contributed by atoms with Crippen LogP contribution in [0.4, 0.5) is 5.82 Å². The summed E-state index contributed by atoms with van der Waals surface area (Å²) in [5.74, 6) is 1.34. The van der Waals surface area contributed by atoms with Gasteiger partial charge in [-0.3, -0.25) is 4.79 Å². The Balaban J connectivity index is 1.32. The van der Waals surface area contributed by atoms with Gasteiger partial charge in [0.1, 0.15) is 17.8 Å². The second-order valence-electron chi connectivity index (χ2n) is 6.99. The Morgan fingerprint density at radius 2 is 2.12 bits per heavy atom. The lowest BCUT2D eigenvalue weighted by Gasteiger charge is -2.36. The molecule has 7 nitrogen and oxygen atoms in total. The average molecular weight is 355 g/mol. The van der Waals surface area contributed by atoms with Gasteiger partial charge in [-0.2, -0.15) is 0 Å². The molecule has 2 aromatic rings. The van der Waals surface area contributed by atoms with Gasteiger partial charge in [0.25, 0.3) is 5.91 Å². The first-order chi connectivity index (χ1) is 12.7. The lowest BCUT2D eigenvalue weighted by molar-refractivity contribution is 0.0903. The molecule has 1 saturated carbocycles. The number of ether oxygens (including phenoxy) is 1. The first-order valence-corrected chi connectivity index (χ1v) is 9.36. The van der Waals surface area contributed by atoms with Crippen LogP contribution in [0.25, 0.3) is 0 Å². The molecule has 2 fully saturated rings. The van der Waals surface area contributed by atoms with Crippen molar-refractivity contribution in [1.82, 2.24) is 20.3 Å². The Kier molecular flexibility index (Phi) is 4.88. The van der Waals surface area contributed by atoms with Crippen LogP contribution in [0.5, 0.6) is 0 Å². The molecule has 1 saturated heterocycles. The van der Waals surface area contributed by atoms with Crippen LogP contribution in [0.3, 0.4) is 0 Å². The normalized spacial score (nSPS) is 22.7. The molecule has 2 aromatic heterocycles. The van der Waals surface area contributed by atoms with Crippen molar-refractivity contribution in [2.24, 2.45) is 0 Å². The van der Waals surface area contributed by atoms with Gasteiger partial charge in [0, 0.05) is 42.5 Å². The summed E-state index contributed by atoms with van der Waals surface area (Å²) in [6, 6.07) is 6.12. The Hall–Kier alpha value is -2.41. The SMILES string of the molecule is CCc1ccc(C(=O)NC2CC(c3cc(N4CCOCC4)ncn3)C2)[nH]1. The van der Waals surface area contributed by atoms with Gasteiger partial charge in [-0.25, -0.2) is 9.97 Å². The number of aromatic amines is 1. The molecule has 2 aliphatic rings. The number of carbonyl (C=O) groups excluding carboxylic acids is 1. The van der Waals surface area contributed by atoms with Crippen molar-refractivity contribution in [3.05, 3.63) is 41.6 Å². The quantitative estimate of drug-likeness (QED) is 0.856. The van der Waals surface area contributed by atoms with E-state index in [1.165, 1.54) is 0 Å². The standard InChI is InChI=1S/C19H25N5O2/c1-2-14-3-4-16(22-14)19(25)23-15-9-13(10-15)17-11-18(21-12-20-17)24-5-7-26-8-6-24/h3-4,11-13,15,22H,2,5-10H2,1H3,(H,23,25). The number of amides is 1. The van der Waals surface area contributed by atoms with Crippen LogP contribution in [0.15, 0.2) is 24.5 Å². The van der Waals surface area contributed by atoms with Crippen LogP contribution < -0.4 is 10.2 Å². The molecular formula is C19H25N5O2. The summed E-state index contributed by atoms with van der Waals surface area (Å²) in [5, 5.41) is 3.11. The molecule has 3 heterocycles. The van der Waals surface area contributed by atoms with E-state index in [0.29, 0.717) is 11.6 Å². The van der Waals surface area contributed by atoms with Crippen molar-refractivity contribution >= 4 is 11.7 Å². The Labute approximate surface area is 153 Å². The predicted octanol–water partition coefficient (Wildman–Crippen LogP) is 1.88. The summed E-state index contributed by atoms with van der Waals surface area (Å²) in [5.41, 5.74) is 2.79. The number of morpholine rings is 1. The number of nitrogens with zero attached hydrogens (tertiary/aromatic N) is 3. The molecule has 138 valence electrons. The number of hydrogen-bond acceptors (Lipinski definition) is 5. The molecule has 1 aliphatic heterocycles. The van der Waals surface area contributed by atoms with Crippen molar-refractivity contribution in [3.8, 4) is 0 Å². The van der Waals surface area contributed by atoms with E-state index < -0.39 is 0 Å². The molecule has 4 rings (SSSR count). The fourth-order valence-corrected chi connectivity index (χ4v) is 3.57. The largest absolute Gasteiger partial charge is 0.378 e. The zero-order valence-corrected chi connectivity index (χ0v) is 15.1. The highest BCUT2D eigenvalue weighted by Crippen LogP contribution is 2.36. The fourth-order valence-electron chi connectivity index (χ4n) is 3.57. The number of hydrogen-bond donors (Lipinski definition) is 2. The summed E-state index contributed by atoms with van der Waals surface area (Å²) < 4.78 is 5.40. The Morgan fingerprint density at radius 1 is 1.31 bits per heavy atom. The number of nitrogens with one attached hydrogen (secondary N) is 2. The van der Waals surface area contributed by atoms with Crippen LogP contribution in [0, 0.1) is 0 Å². The third-order valence-electron chi connectivity index (χ3n) is 5.27. The molecule has 0 aromatic carbocycles. The first-order valence-electron chi connectivity index (χ1n) is 9.36. The van der Waals surface area contributed by atoms with Gasteiger partial charge in [0.15, 0.2) is 0 Å². The minimum absolute atomic E-state index is 0.0233. The van der Waals surface area contributed by atoms with Gasteiger partial charge in [-0.1, -0.05) is 6.92 Å². The maximum Gasteiger partial charge on any atom is 0.267 e. The summed E-state index contributed by atoms with van der Waals surface area (Å²) >= 11 is 0. The molecule has 2 N–H and O–H groups in total. The molecule has 0 atom stereocenters. The first kappa shape index (κ1) is 17.0. The Bertz CT molecular complexity index is 763. The van der Waals surface area contributed by atoms with Gasteiger partial charge in [0.05, 0.1) is 13.2 Å². The van der Waals surface area contributed by atoms with E-state index in [-0.39, 0.29) is 11.9 Å². The summed E-state index contributed by atoms with van der Waals surface area (Å²) in [7, 11) is 0. The molecular weight excluding hydrogens is 330 g/mol. The molecule has 0 spiro atoms. The minimum atomic E-state index is -0.0233. The summed E-state index contributed by atoms with van der Waals surface area (Å²) in [6.07, 6.45) is 4.40. The molecule has 0 unspecified atom stereocenters. The fraction of sp³-hybridized carbons (Fsp3) is 0.526. The van der Waals surface area contributed by atoms with Gasteiger partial charge < -0.3 is 19.9 Å². The number of carbonyl (C=O) groups is 1. The van der Waals surface area contributed by atoms with Crippen LogP contribution in [-0.2, 0) is 11.2 Å². The summed E-state index contributed by atoms with van der Waals surface area (Å²) in [4.78, 5) is 26.5. The van der Waals surface area contributed by atoms with Crippen LogP contribution in [0.2, 0.25) is 0 Å². The van der Waals surface area contributed by atoms with E-state index in [0.717, 1.165) is 62.8 Å². The molecule has 0 bridgehead atoms. The average Bonchev–Trinajstić information content (AvgIpc) is 3.14. The molecule has 7 heteroatoms. The zero-order valence-electron chi connectivity index (χ0n) is 15.1. The van der Waals surface area contributed by atoms with E-state index in [2.05, 4.69) is 38.2 Å². The lowest BCUT2D eigenvalue weighted by Crippen LogP contribution is -2.43. The third kappa shape index (κ3) is 3.58. The smallest absolute Gasteiger partial charge is 0.267 e. The van der Waals surface area contributed by atoms with Gasteiger partial charge in [-0.05, 0) is 31.4 Å². The second-order valence-corrected chi connectivity index (χ2v) is 6.99. The van der Waals surface area contributed by atoms with Crippen molar-refractivity contribution in [2.45, 2.75) is 38.1 Å². The highest BCUT2D eigenvalue weighted by atomic mass is 16.5. The molecule has 26 heavy (non-hydrogen) atoms. The van der Waals surface area contributed by atoms with E-state index in [9.17, 15) is 4.79 Å². The number of H-pyrrole nitrogens is 1. The summed E-state index contributed by atoms with van der Waals surface area (Å²) in [6.45, 7) is 5.30. The monoisotopic (exact) mass is 355 g/mol. The maximum absolute atomic E-state index is 12.3. The second kappa shape index (κ2) is 7.45. The number of rotatable bonds is 5.